The SMILES string of the molecule is Cc1cc(NC(=O)CN(C)c2cc(F)ccc2[N+](=O)[O-])no1. The van der Waals surface area contributed by atoms with Gasteiger partial charge in [-0.25, -0.2) is 4.39 Å². The molecular weight excluding hydrogens is 295 g/mol. The van der Waals surface area contributed by atoms with Crippen LogP contribution < -0.4 is 10.2 Å². The molecule has 0 aliphatic heterocycles. The molecule has 0 fully saturated rings. The number of nitrogens with one attached hydrogen (secondary N) is 1. The Bertz CT molecular complexity index is 716. The maximum atomic E-state index is 13.3. The molecule has 1 amide bonds. The van der Waals surface area contributed by atoms with Crippen molar-refractivity contribution in [3.8, 4) is 0 Å². The molecule has 0 saturated carbocycles. The average molecular weight is 308 g/mol. The van der Waals surface area contributed by atoms with E-state index in [0.29, 0.717) is 5.76 Å². The molecule has 8 nitrogen and oxygen atoms in total. The van der Waals surface area contributed by atoms with Gasteiger partial charge in [-0.2, -0.15) is 0 Å². The smallest absolute Gasteiger partial charge is 0.292 e. The average Bonchev–Trinajstić information content (AvgIpc) is 2.83. The summed E-state index contributed by atoms with van der Waals surface area (Å²) in [4.78, 5) is 23.5. The topological polar surface area (TPSA) is 102 Å². The van der Waals surface area contributed by atoms with Crippen molar-refractivity contribution in [2.75, 3.05) is 23.8 Å². The third-order valence-corrected chi connectivity index (χ3v) is 2.82. The van der Waals surface area contributed by atoms with Crippen LogP contribution in [0.4, 0.5) is 21.6 Å². The lowest BCUT2D eigenvalue weighted by Gasteiger charge is -2.18. The monoisotopic (exact) mass is 308 g/mol. The van der Waals surface area contributed by atoms with Crippen LogP contribution in [0, 0.1) is 22.9 Å². The molecule has 0 aliphatic carbocycles. The lowest BCUT2D eigenvalue weighted by Crippen LogP contribution is -2.30. The van der Waals surface area contributed by atoms with E-state index in [4.69, 9.17) is 4.52 Å². The van der Waals surface area contributed by atoms with Crippen molar-refractivity contribution in [2.24, 2.45) is 0 Å². The van der Waals surface area contributed by atoms with Crippen LogP contribution in [0.5, 0.6) is 0 Å². The van der Waals surface area contributed by atoms with E-state index < -0.39 is 16.6 Å². The zero-order chi connectivity index (χ0) is 16.3. The fraction of sp³-hybridized carbons (Fsp3) is 0.231. The Labute approximate surface area is 124 Å². The van der Waals surface area contributed by atoms with E-state index in [-0.39, 0.29) is 23.7 Å². The number of aryl methyl sites for hydroxylation is 1. The van der Waals surface area contributed by atoms with Gasteiger partial charge in [0.05, 0.1) is 11.5 Å². The number of nitrogens with zero attached hydrogens (tertiary/aromatic N) is 3. The molecule has 0 atom stereocenters. The first-order valence-corrected chi connectivity index (χ1v) is 6.25. The Balaban J connectivity index is 2.11. The third-order valence-electron chi connectivity index (χ3n) is 2.82. The number of nitro groups is 1. The highest BCUT2D eigenvalue weighted by Gasteiger charge is 2.20. The molecule has 9 heteroatoms. The summed E-state index contributed by atoms with van der Waals surface area (Å²) < 4.78 is 18.1. The zero-order valence-electron chi connectivity index (χ0n) is 11.9. The number of aromatic nitrogens is 1. The number of hydrogen-bond acceptors (Lipinski definition) is 6. The largest absolute Gasteiger partial charge is 0.360 e. The number of benzene rings is 1. The molecule has 116 valence electrons. The van der Waals surface area contributed by atoms with Gasteiger partial charge in [-0.3, -0.25) is 14.9 Å². The fourth-order valence-electron chi connectivity index (χ4n) is 1.86. The van der Waals surface area contributed by atoms with Gasteiger partial charge in [0.15, 0.2) is 5.82 Å². The maximum absolute atomic E-state index is 13.3. The molecule has 1 N–H and O–H groups in total. The summed E-state index contributed by atoms with van der Waals surface area (Å²) in [6.07, 6.45) is 0. The van der Waals surface area contributed by atoms with Crippen molar-refractivity contribution in [1.29, 1.82) is 0 Å². The predicted octanol–water partition coefficient (Wildman–Crippen LogP) is 2.11. The number of carbonyl (C=O) groups excluding carboxylic acids is 1. The molecule has 2 aromatic rings. The summed E-state index contributed by atoms with van der Waals surface area (Å²) in [5.74, 6) is -0.316. The second-order valence-corrected chi connectivity index (χ2v) is 4.62. The zero-order valence-corrected chi connectivity index (χ0v) is 11.9. The minimum absolute atomic E-state index is 0.0106. The van der Waals surface area contributed by atoms with Crippen molar-refractivity contribution in [3.63, 3.8) is 0 Å². The van der Waals surface area contributed by atoms with Crippen LogP contribution in [-0.4, -0.2) is 29.6 Å². The van der Waals surface area contributed by atoms with Crippen LogP contribution >= 0.6 is 0 Å². The predicted molar refractivity (Wildman–Crippen MR) is 76.2 cm³/mol. The number of rotatable bonds is 5. The Morgan fingerprint density at radius 1 is 1.50 bits per heavy atom. The second-order valence-electron chi connectivity index (χ2n) is 4.62. The van der Waals surface area contributed by atoms with Crippen molar-refractivity contribution < 1.29 is 18.6 Å². The van der Waals surface area contributed by atoms with Gasteiger partial charge in [0, 0.05) is 25.2 Å². The van der Waals surface area contributed by atoms with E-state index in [9.17, 15) is 19.3 Å². The highest BCUT2D eigenvalue weighted by molar-refractivity contribution is 5.93. The standard InChI is InChI=1S/C13H13FN4O4/c1-8-5-12(16-22-8)15-13(19)7-17(2)11-6-9(14)3-4-10(11)18(20)21/h3-6H,7H2,1-2H3,(H,15,16,19). The van der Waals surface area contributed by atoms with Crippen molar-refractivity contribution in [3.05, 3.63) is 46.0 Å². The summed E-state index contributed by atoms with van der Waals surface area (Å²) in [7, 11) is 1.45. The summed E-state index contributed by atoms with van der Waals surface area (Å²) in [5.41, 5.74) is -0.273. The van der Waals surface area contributed by atoms with Gasteiger partial charge in [0.1, 0.15) is 17.3 Å². The van der Waals surface area contributed by atoms with Gasteiger partial charge in [0.25, 0.3) is 5.69 Å². The molecule has 1 aromatic heterocycles. The van der Waals surface area contributed by atoms with E-state index in [1.54, 1.807) is 6.92 Å². The van der Waals surface area contributed by atoms with Crippen molar-refractivity contribution >= 4 is 23.1 Å². The van der Waals surface area contributed by atoms with Crippen molar-refractivity contribution in [2.45, 2.75) is 6.92 Å². The quantitative estimate of drug-likeness (QED) is 0.670. The number of likely N-dealkylation sites (N-methyl/N-ethyl adjacent to an activating group) is 1. The van der Waals surface area contributed by atoms with Crippen LogP contribution in [0.1, 0.15) is 5.76 Å². The Morgan fingerprint density at radius 3 is 2.82 bits per heavy atom. The molecule has 0 saturated heterocycles. The van der Waals surface area contributed by atoms with Crippen molar-refractivity contribution in [1.82, 2.24) is 5.16 Å². The van der Waals surface area contributed by atoms with E-state index in [1.165, 1.54) is 18.0 Å². The number of anilines is 2. The molecule has 0 spiro atoms. The van der Waals surface area contributed by atoms with E-state index in [2.05, 4.69) is 10.5 Å². The number of halogens is 1. The maximum Gasteiger partial charge on any atom is 0.292 e. The number of nitro benzene ring substituents is 1. The highest BCUT2D eigenvalue weighted by atomic mass is 19.1. The minimum Gasteiger partial charge on any atom is -0.360 e. The molecule has 0 aliphatic rings. The van der Waals surface area contributed by atoms with E-state index >= 15 is 0 Å². The molecule has 0 bridgehead atoms. The van der Waals surface area contributed by atoms with Crippen LogP contribution in [0.15, 0.2) is 28.8 Å². The first-order chi connectivity index (χ1) is 10.4. The van der Waals surface area contributed by atoms with Gasteiger partial charge in [-0.15, -0.1) is 0 Å². The van der Waals surface area contributed by atoms with Gasteiger partial charge >= 0.3 is 0 Å². The molecule has 2 rings (SSSR count). The molecule has 0 unspecified atom stereocenters. The highest BCUT2D eigenvalue weighted by Crippen LogP contribution is 2.27. The Morgan fingerprint density at radius 2 is 2.23 bits per heavy atom. The molecule has 1 aromatic carbocycles. The van der Waals surface area contributed by atoms with Gasteiger partial charge in [-0.05, 0) is 13.0 Å². The Kier molecular flexibility index (Phi) is 4.35. The van der Waals surface area contributed by atoms with Gasteiger partial charge in [-0.1, -0.05) is 5.16 Å². The van der Waals surface area contributed by atoms with Crippen LogP contribution in [-0.2, 0) is 4.79 Å². The number of amides is 1. The lowest BCUT2D eigenvalue weighted by molar-refractivity contribution is -0.384. The first kappa shape index (κ1) is 15.4. The normalized spacial score (nSPS) is 10.3. The summed E-state index contributed by atoms with van der Waals surface area (Å²) in [6, 6.07) is 4.59. The van der Waals surface area contributed by atoms with Crippen LogP contribution in [0.2, 0.25) is 0 Å². The number of hydrogen-bond donors (Lipinski definition) is 1. The van der Waals surface area contributed by atoms with Crippen LogP contribution in [0.3, 0.4) is 0 Å². The fourth-order valence-corrected chi connectivity index (χ4v) is 1.86. The molecule has 1 heterocycles. The first-order valence-electron chi connectivity index (χ1n) is 6.25. The number of carbonyl (C=O) groups is 1. The van der Waals surface area contributed by atoms with Gasteiger partial charge in [0.2, 0.25) is 5.91 Å². The minimum atomic E-state index is -0.635. The summed E-state index contributed by atoms with van der Waals surface area (Å²) in [5, 5.41) is 17.0. The molecule has 0 radical (unpaired) electrons. The van der Waals surface area contributed by atoms with Crippen LogP contribution in [0.25, 0.3) is 0 Å². The molecular formula is C13H13FN4O4. The molecule has 22 heavy (non-hydrogen) atoms. The Hall–Kier alpha value is -2.97. The summed E-state index contributed by atoms with van der Waals surface area (Å²) in [6.45, 7) is 1.46. The van der Waals surface area contributed by atoms with E-state index in [1.807, 2.05) is 0 Å². The third kappa shape index (κ3) is 3.57. The second kappa shape index (κ2) is 6.20. The van der Waals surface area contributed by atoms with E-state index in [0.717, 1.165) is 18.2 Å². The summed E-state index contributed by atoms with van der Waals surface area (Å²) >= 11 is 0. The van der Waals surface area contributed by atoms with Gasteiger partial charge < -0.3 is 14.7 Å². The lowest BCUT2D eigenvalue weighted by atomic mass is 10.2.